The van der Waals surface area contributed by atoms with Crippen molar-refractivity contribution in [2.24, 2.45) is 5.73 Å². The van der Waals surface area contributed by atoms with E-state index in [9.17, 15) is 48.9 Å². The van der Waals surface area contributed by atoms with Gasteiger partial charge in [-0.25, -0.2) is 0 Å². The zero-order valence-electron chi connectivity index (χ0n) is 22.1. The molecule has 8 atom stereocenters. The first kappa shape index (κ1) is 36.3. The molecule has 0 fully saturated rings. The molecule has 0 bridgehead atoms. The predicted octanol–water partition coefficient (Wildman–Crippen LogP) is -6.01. The Kier molecular flexibility index (Phi) is 16.1. The predicted molar refractivity (Wildman–Crippen MR) is 132 cm³/mol. The fourth-order valence-corrected chi connectivity index (χ4v) is 3.12. The average Bonchev–Trinajstić information content (AvgIpc) is 2.89. The maximum atomic E-state index is 12.7. The summed E-state index contributed by atoms with van der Waals surface area (Å²) in [6.45, 7) is 1.44. The molecule has 18 nitrogen and oxygen atoms in total. The van der Waals surface area contributed by atoms with Crippen LogP contribution >= 0.6 is 0 Å². The van der Waals surface area contributed by atoms with E-state index >= 15 is 0 Å². The van der Waals surface area contributed by atoms with Crippen molar-refractivity contribution in [2.75, 3.05) is 13.2 Å². The standard InChI is InChI=1S/C22H37N5O13/c1-9(22(38)39)24-16(33)5-4-12(19(23)35)26-21(37)14(7-29)27-20(36)10(2)40-18(17(34)15(32)8-30)13(6-28)25-11(3)31/h6,9-10,12-15,17-18,29-30,32,34H,4-5,7-8H2,1-3H3,(H2,23,35)(H,24,33)(H,25,31)(H,26,37)(H,27,36)(H,38,39)/t9?,10?,12?,13-,14?,15+,17+,18+/m0/s1. The molecule has 40 heavy (non-hydrogen) atoms. The lowest BCUT2D eigenvalue weighted by atomic mass is 10.0. The third-order valence-electron chi connectivity index (χ3n) is 5.40. The number of hydrogen-bond donors (Lipinski definition) is 10. The van der Waals surface area contributed by atoms with Gasteiger partial charge >= 0.3 is 5.97 Å². The normalized spacial score (nSPS) is 17.0. The molecular formula is C22H37N5O13. The molecule has 0 saturated heterocycles. The Balaban J connectivity index is 5.41. The third-order valence-corrected chi connectivity index (χ3v) is 5.40. The van der Waals surface area contributed by atoms with Crippen LogP contribution in [0.5, 0.6) is 0 Å². The first-order valence-corrected chi connectivity index (χ1v) is 12.0. The van der Waals surface area contributed by atoms with Gasteiger partial charge in [-0.3, -0.25) is 28.8 Å². The van der Waals surface area contributed by atoms with Gasteiger partial charge in [0.25, 0.3) is 0 Å². The zero-order valence-corrected chi connectivity index (χ0v) is 22.1. The molecule has 0 saturated carbocycles. The number of primary amides is 1. The molecule has 0 radical (unpaired) electrons. The van der Waals surface area contributed by atoms with Crippen LogP contribution < -0.4 is 27.0 Å². The van der Waals surface area contributed by atoms with Crippen molar-refractivity contribution in [1.82, 2.24) is 21.3 Å². The molecule has 4 unspecified atom stereocenters. The highest BCUT2D eigenvalue weighted by Gasteiger charge is 2.37. The highest BCUT2D eigenvalue weighted by molar-refractivity contribution is 5.93. The summed E-state index contributed by atoms with van der Waals surface area (Å²) in [5.41, 5.74) is 5.24. The number of carboxylic acids is 1. The summed E-state index contributed by atoms with van der Waals surface area (Å²) in [7, 11) is 0. The van der Waals surface area contributed by atoms with E-state index in [1.807, 2.05) is 0 Å². The van der Waals surface area contributed by atoms with Crippen LogP contribution in [0.1, 0.15) is 33.6 Å². The number of nitrogens with one attached hydrogen (secondary N) is 4. The summed E-state index contributed by atoms with van der Waals surface area (Å²) >= 11 is 0. The number of carbonyl (C=O) groups is 7. The molecule has 228 valence electrons. The lowest BCUT2D eigenvalue weighted by Crippen LogP contribution is -2.58. The average molecular weight is 580 g/mol. The van der Waals surface area contributed by atoms with Crippen LogP contribution in [-0.4, -0.2) is 129 Å². The molecule has 0 aliphatic heterocycles. The lowest BCUT2D eigenvalue weighted by Gasteiger charge is -2.32. The van der Waals surface area contributed by atoms with Crippen molar-refractivity contribution in [1.29, 1.82) is 0 Å². The van der Waals surface area contributed by atoms with E-state index in [0.29, 0.717) is 0 Å². The molecule has 5 amide bonds. The number of aliphatic hydroxyl groups excluding tert-OH is 4. The zero-order chi connectivity index (χ0) is 31.2. The number of carbonyl (C=O) groups excluding carboxylic acids is 6. The largest absolute Gasteiger partial charge is 0.480 e. The van der Waals surface area contributed by atoms with Gasteiger partial charge in [0.05, 0.1) is 13.2 Å². The molecule has 0 rings (SSSR count). The van der Waals surface area contributed by atoms with Gasteiger partial charge < -0.3 is 62.1 Å². The van der Waals surface area contributed by atoms with Crippen molar-refractivity contribution >= 4 is 41.8 Å². The van der Waals surface area contributed by atoms with Gasteiger partial charge in [0.1, 0.15) is 54.9 Å². The van der Waals surface area contributed by atoms with Gasteiger partial charge in [0.2, 0.25) is 29.5 Å². The molecule has 0 aromatic rings. The van der Waals surface area contributed by atoms with Crippen LogP contribution in [-0.2, 0) is 38.3 Å². The minimum absolute atomic E-state index is 0.167. The van der Waals surface area contributed by atoms with E-state index in [1.54, 1.807) is 0 Å². The molecule has 0 aromatic carbocycles. The minimum atomic E-state index is -1.95. The summed E-state index contributed by atoms with van der Waals surface area (Å²) in [5.74, 6) is -6.00. The topological polar surface area (TPSA) is 304 Å². The van der Waals surface area contributed by atoms with E-state index in [4.69, 9.17) is 20.7 Å². The highest BCUT2D eigenvalue weighted by atomic mass is 16.5. The number of rotatable bonds is 19. The van der Waals surface area contributed by atoms with Crippen LogP contribution in [0.2, 0.25) is 0 Å². The number of aliphatic carboxylic acids is 1. The highest BCUT2D eigenvalue weighted by Crippen LogP contribution is 2.12. The van der Waals surface area contributed by atoms with Gasteiger partial charge in [-0.1, -0.05) is 0 Å². The van der Waals surface area contributed by atoms with Crippen molar-refractivity contribution < 1.29 is 63.8 Å². The summed E-state index contributed by atoms with van der Waals surface area (Å²) < 4.78 is 5.36. The van der Waals surface area contributed by atoms with Crippen molar-refractivity contribution in [3.05, 3.63) is 0 Å². The van der Waals surface area contributed by atoms with Gasteiger partial charge in [-0.2, -0.15) is 0 Å². The number of nitrogens with two attached hydrogens (primary N) is 1. The Morgan fingerprint density at radius 1 is 0.900 bits per heavy atom. The summed E-state index contributed by atoms with van der Waals surface area (Å²) in [4.78, 5) is 82.5. The SMILES string of the molecule is CC(=O)N[C@@H](C=O)[C@@H](OC(C)C(=O)NC(CO)C(=O)NC(CCC(=O)NC(C)C(=O)O)C(N)=O)[C@H](O)[C@H](O)CO. The second kappa shape index (κ2) is 17.8. The quantitative estimate of drug-likeness (QED) is 0.0638. The van der Waals surface area contributed by atoms with E-state index < -0.39 is 104 Å². The van der Waals surface area contributed by atoms with Gasteiger partial charge in [-0.05, 0) is 20.3 Å². The summed E-state index contributed by atoms with van der Waals surface area (Å²) in [6, 6.07) is -5.89. The fraction of sp³-hybridized carbons (Fsp3) is 0.682. The van der Waals surface area contributed by atoms with Crippen LogP contribution in [0.4, 0.5) is 0 Å². The van der Waals surface area contributed by atoms with E-state index in [1.165, 1.54) is 6.92 Å². The Morgan fingerprint density at radius 2 is 1.48 bits per heavy atom. The van der Waals surface area contributed by atoms with Gasteiger partial charge in [0.15, 0.2) is 0 Å². The molecular weight excluding hydrogens is 542 g/mol. The number of hydrogen-bond acceptors (Lipinski definition) is 12. The molecule has 0 spiro atoms. The second-order valence-corrected chi connectivity index (χ2v) is 8.72. The minimum Gasteiger partial charge on any atom is -0.480 e. The van der Waals surface area contributed by atoms with Crippen LogP contribution in [0.25, 0.3) is 0 Å². The smallest absolute Gasteiger partial charge is 0.325 e. The van der Waals surface area contributed by atoms with E-state index in [0.717, 1.165) is 13.8 Å². The maximum absolute atomic E-state index is 12.7. The second-order valence-electron chi connectivity index (χ2n) is 8.72. The number of ether oxygens (including phenoxy) is 1. The van der Waals surface area contributed by atoms with Crippen molar-refractivity contribution in [3.63, 3.8) is 0 Å². The molecule has 0 aliphatic carbocycles. The molecule has 0 aliphatic rings. The van der Waals surface area contributed by atoms with Crippen molar-refractivity contribution in [3.8, 4) is 0 Å². The van der Waals surface area contributed by atoms with Crippen LogP contribution in [0.15, 0.2) is 0 Å². The Hall–Kier alpha value is -3.71. The molecule has 0 aromatic heterocycles. The molecule has 0 heterocycles. The van der Waals surface area contributed by atoms with Gasteiger partial charge in [-0.15, -0.1) is 0 Å². The van der Waals surface area contributed by atoms with Crippen LogP contribution in [0, 0.1) is 0 Å². The van der Waals surface area contributed by atoms with Gasteiger partial charge in [0, 0.05) is 13.3 Å². The lowest BCUT2D eigenvalue weighted by molar-refractivity contribution is -0.158. The summed E-state index contributed by atoms with van der Waals surface area (Å²) in [6.07, 6.45) is -7.66. The number of carboxylic acid groups (broad SMARTS) is 1. The molecule has 18 heteroatoms. The molecule has 11 N–H and O–H groups in total. The maximum Gasteiger partial charge on any atom is 0.325 e. The first-order chi connectivity index (χ1) is 18.6. The van der Waals surface area contributed by atoms with Crippen LogP contribution in [0.3, 0.4) is 0 Å². The number of amides is 5. The Bertz CT molecular complexity index is 918. The Morgan fingerprint density at radius 3 is 1.93 bits per heavy atom. The summed E-state index contributed by atoms with van der Waals surface area (Å²) in [5, 5.41) is 56.1. The van der Waals surface area contributed by atoms with E-state index in [-0.39, 0.29) is 12.7 Å². The van der Waals surface area contributed by atoms with Crippen molar-refractivity contribution in [2.45, 2.75) is 82.2 Å². The first-order valence-electron chi connectivity index (χ1n) is 12.0. The Labute approximate surface area is 228 Å². The monoisotopic (exact) mass is 579 g/mol. The number of aldehydes is 1. The van der Waals surface area contributed by atoms with E-state index in [2.05, 4.69) is 21.3 Å². The fourth-order valence-electron chi connectivity index (χ4n) is 3.12. The number of aliphatic hydroxyl groups is 4. The third kappa shape index (κ3) is 12.4.